The molecule has 0 radical (unpaired) electrons. The molecule has 0 saturated heterocycles. The monoisotopic (exact) mass is 405 g/mol. The van der Waals surface area contributed by atoms with E-state index < -0.39 is 18.8 Å². The lowest BCUT2D eigenvalue weighted by Gasteiger charge is -2.24. The number of hydrogen-bond donors (Lipinski definition) is 0. The number of rotatable bonds is 4. The van der Waals surface area contributed by atoms with Crippen molar-refractivity contribution in [3.8, 4) is 5.88 Å². The van der Waals surface area contributed by atoms with Crippen LogP contribution < -0.4 is 4.74 Å². The fraction of sp³-hybridized carbons (Fsp3) is 0.312. The molecule has 26 heavy (non-hydrogen) atoms. The van der Waals surface area contributed by atoms with Crippen LogP contribution in [-0.2, 0) is 6.54 Å². The first-order valence-corrected chi connectivity index (χ1v) is 8.22. The Kier molecular flexibility index (Phi) is 4.98. The van der Waals surface area contributed by atoms with Gasteiger partial charge in [0.2, 0.25) is 5.88 Å². The standard InChI is InChI=1S/C16H12Cl2F3N3O2/c1-8(24-6-11-10(15(24)25)2-3-22-13(11)18)9-4-12(17)14(23-5-9)26-7-16(19,20)21/h2-5,8H,6-7H2,1H3. The van der Waals surface area contributed by atoms with Gasteiger partial charge in [-0.3, -0.25) is 4.79 Å². The van der Waals surface area contributed by atoms with Crippen molar-refractivity contribution in [2.45, 2.75) is 25.7 Å². The van der Waals surface area contributed by atoms with E-state index in [4.69, 9.17) is 23.2 Å². The van der Waals surface area contributed by atoms with Crippen LogP contribution in [0.4, 0.5) is 13.2 Å². The largest absolute Gasteiger partial charge is 0.467 e. The highest BCUT2D eigenvalue weighted by atomic mass is 35.5. The average molecular weight is 406 g/mol. The molecular weight excluding hydrogens is 394 g/mol. The van der Waals surface area contributed by atoms with E-state index in [2.05, 4.69) is 14.7 Å². The average Bonchev–Trinajstić information content (AvgIpc) is 2.91. The summed E-state index contributed by atoms with van der Waals surface area (Å²) in [6, 6.07) is 2.60. The number of ether oxygens (including phenoxy) is 1. The Morgan fingerprint density at radius 2 is 2.08 bits per heavy atom. The van der Waals surface area contributed by atoms with Crippen molar-refractivity contribution >= 4 is 29.1 Å². The van der Waals surface area contributed by atoms with Crippen LogP contribution in [0.2, 0.25) is 10.2 Å². The lowest BCUT2D eigenvalue weighted by molar-refractivity contribution is -0.154. The SMILES string of the molecule is CC(c1cnc(OCC(F)(F)F)c(Cl)c1)N1Cc2c(ccnc2Cl)C1=O. The first kappa shape index (κ1) is 18.7. The summed E-state index contributed by atoms with van der Waals surface area (Å²) in [5.41, 5.74) is 1.66. The predicted molar refractivity (Wildman–Crippen MR) is 88.3 cm³/mol. The molecule has 3 heterocycles. The van der Waals surface area contributed by atoms with Gasteiger partial charge in [0, 0.05) is 23.5 Å². The molecular formula is C16H12Cl2F3N3O2. The number of carbonyl (C=O) groups is 1. The number of hydrogen-bond acceptors (Lipinski definition) is 4. The quantitative estimate of drug-likeness (QED) is 0.705. The summed E-state index contributed by atoms with van der Waals surface area (Å²) in [5, 5.41) is 0.195. The van der Waals surface area contributed by atoms with Gasteiger partial charge in [0.05, 0.1) is 12.6 Å². The summed E-state index contributed by atoms with van der Waals surface area (Å²) >= 11 is 12.0. The second kappa shape index (κ2) is 6.92. The summed E-state index contributed by atoms with van der Waals surface area (Å²) in [4.78, 5) is 21.9. The molecule has 0 bridgehead atoms. The number of nitrogens with zero attached hydrogens (tertiary/aromatic N) is 3. The van der Waals surface area contributed by atoms with E-state index in [-0.39, 0.29) is 28.5 Å². The van der Waals surface area contributed by atoms with Gasteiger partial charge < -0.3 is 9.64 Å². The Morgan fingerprint density at radius 1 is 1.35 bits per heavy atom. The Bertz CT molecular complexity index is 861. The van der Waals surface area contributed by atoms with Crippen molar-refractivity contribution in [3.05, 3.63) is 51.4 Å². The Balaban J connectivity index is 1.79. The lowest BCUT2D eigenvalue weighted by atomic mass is 10.1. The van der Waals surface area contributed by atoms with Gasteiger partial charge in [-0.25, -0.2) is 9.97 Å². The molecule has 1 aliphatic heterocycles. The van der Waals surface area contributed by atoms with Crippen molar-refractivity contribution in [1.29, 1.82) is 0 Å². The van der Waals surface area contributed by atoms with Gasteiger partial charge in [0.1, 0.15) is 10.2 Å². The lowest BCUT2D eigenvalue weighted by Crippen LogP contribution is -2.27. The molecule has 2 aromatic heterocycles. The van der Waals surface area contributed by atoms with E-state index in [1.807, 2.05) is 0 Å². The molecule has 0 aliphatic carbocycles. The first-order chi connectivity index (χ1) is 12.2. The summed E-state index contributed by atoms with van der Waals surface area (Å²) in [7, 11) is 0. The van der Waals surface area contributed by atoms with E-state index in [0.717, 1.165) is 0 Å². The summed E-state index contributed by atoms with van der Waals surface area (Å²) in [6.45, 7) is 0.542. The molecule has 10 heteroatoms. The second-order valence-corrected chi connectivity index (χ2v) is 6.46. The highest BCUT2D eigenvalue weighted by Crippen LogP contribution is 2.35. The number of fused-ring (bicyclic) bond motifs is 1. The molecule has 0 spiro atoms. The maximum atomic E-state index is 12.6. The summed E-state index contributed by atoms with van der Waals surface area (Å²) in [5.74, 6) is -0.534. The molecule has 1 aliphatic rings. The van der Waals surface area contributed by atoms with Gasteiger partial charge in [-0.2, -0.15) is 13.2 Å². The van der Waals surface area contributed by atoms with Crippen molar-refractivity contribution in [3.63, 3.8) is 0 Å². The number of amides is 1. The molecule has 0 saturated carbocycles. The molecule has 0 fully saturated rings. The van der Waals surface area contributed by atoms with Gasteiger partial charge in [-0.05, 0) is 24.6 Å². The zero-order valence-electron chi connectivity index (χ0n) is 13.3. The molecule has 138 valence electrons. The maximum absolute atomic E-state index is 12.6. The molecule has 1 amide bonds. The van der Waals surface area contributed by atoms with Gasteiger partial charge >= 0.3 is 6.18 Å². The third-order valence-corrected chi connectivity index (χ3v) is 4.57. The van der Waals surface area contributed by atoms with Crippen LogP contribution in [0, 0.1) is 0 Å². The fourth-order valence-corrected chi connectivity index (χ4v) is 3.08. The zero-order chi connectivity index (χ0) is 19.1. The first-order valence-electron chi connectivity index (χ1n) is 7.46. The molecule has 1 unspecified atom stereocenters. The van der Waals surface area contributed by atoms with Crippen molar-refractivity contribution < 1.29 is 22.7 Å². The molecule has 5 nitrogen and oxygen atoms in total. The van der Waals surface area contributed by atoms with E-state index in [1.54, 1.807) is 17.9 Å². The van der Waals surface area contributed by atoms with E-state index in [1.165, 1.54) is 18.5 Å². The summed E-state index contributed by atoms with van der Waals surface area (Å²) in [6.07, 6.45) is -1.70. The molecule has 2 aromatic rings. The smallest absolute Gasteiger partial charge is 0.422 e. The van der Waals surface area contributed by atoms with Gasteiger partial charge in [0.15, 0.2) is 6.61 Å². The molecule has 1 atom stereocenters. The van der Waals surface area contributed by atoms with Gasteiger partial charge in [0.25, 0.3) is 5.91 Å². The van der Waals surface area contributed by atoms with Crippen LogP contribution in [0.25, 0.3) is 0 Å². The van der Waals surface area contributed by atoms with Crippen LogP contribution in [0.3, 0.4) is 0 Å². The summed E-state index contributed by atoms with van der Waals surface area (Å²) < 4.78 is 41.3. The second-order valence-electron chi connectivity index (χ2n) is 5.70. The minimum atomic E-state index is -4.49. The van der Waals surface area contributed by atoms with E-state index in [9.17, 15) is 18.0 Å². The number of alkyl halides is 3. The molecule has 0 N–H and O–H groups in total. The van der Waals surface area contributed by atoms with Crippen molar-refractivity contribution in [1.82, 2.24) is 14.9 Å². The Hall–Kier alpha value is -2.06. The predicted octanol–water partition coefficient (Wildman–Crippen LogP) is 4.44. The highest BCUT2D eigenvalue weighted by molar-refractivity contribution is 6.32. The van der Waals surface area contributed by atoms with Crippen LogP contribution in [0.5, 0.6) is 5.88 Å². The third-order valence-electron chi connectivity index (χ3n) is 3.97. The van der Waals surface area contributed by atoms with Gasteiger partial charge in [-0.1, -0.05) is 23.2 Å². The van der Waals surface area contributed by atoms with Crippen molar-refractivity contribution in [2.75, 3.05) is 6.61 Å². The van der Waals surface area contributed by atoms with E-state index in [0.29, 0.717) is 16.7 Å². The minimum Gasteiger partial charge on any atom is -0.467 e. The van der Waals surface area contributed by atoms with Crippen LogP contribution in [0.15, 0.2) is 24.5 Å². The number of carbonyl (C=O) groups excluding carboxylic acids is 1. The molecule has 3 rings (SSSR count). The topological polar surface area (TPSA) is 55.3 Å². The highest BCUT2D eigenvalue weighted by Gasteiger charge is 2.34. The van der Waals surface area contributed by atoms with E-state index >= 15 is 0 Å². The van der Waals surface area contributed by atoms with Crippen LogP contribution in [0.1, 0.15) is 34.5 Å². The van der Waals surface area contributed by atoms with Crippen LogP contribution >= 0.6 is 23.2 Å². The fourth-order valence-electron chi connectivity index (χ4n) is 2.63. The normalized spacial score (nSPS) is 15.2. The van der Waals surface area contributed by atoms with Gasteiger partial charge in [-0.15, -0.1) is 0 Å². The number of halogens is 5. The number of aromatic nitrogens is 2. The maximum Gasteiger partial charge on any atom is 0.422 e. The van der Waals surface area contributed by atoms with Crippen molar-refractivity contribution in [2.24, 2.45) is 0 Å². The van der Waals surface area contributed by atoms with Crippen LogP contribution in [-0.4, -0.2) is 33.6 Å². The third kappa shape index (κ3) is 3.71. The number of pyridine rings is 2. The Labute approximate surface area is 156 Å². The molecule has 0 aromatic carbocycles. The zero-order valence-corrected chi connectivity index (χ0v) is 14.9. The Morgan fingerprint density at radius 3 is 2.69 bits per heavy atom. The minimum absolute atomic E-state index is 0.0672.